The van der Waals surface area contributed by atoms with Crippen LogP contribution in [0.25, 0.3) is 0 Å². The Kier molecular flexibility index (Phi) is 2.75. The standard InChI is InChI=1S/C13H21FO2/c1-4-12(2,14)11(15)16-13(3)8-9-5-6-10(13)7-9/h9-10H,4-8H2,1-3H3. The van der Waals surface area contributed by atoms with E-state index in [0.29, 0.717) is 11.8 Å². The molecule has 0 saturated heterocycles. The molecule has 4 unspecified atom stereocenters. The summed E-state index contributed by atoms with van der Waals surface area (Å²) in [6.45, 7) is 4.96. The average Bonchev–Trinajstić information content (AvgIpc) is 2.76. The summed E-state index contributed by atoms with van der Waals surface area (Å²) in [5.41, 5.74) is -2.23. The number of hydrogen-bond acceptors (Lipinski definition) is 2. The average molecular weight is 228 g/mol. The van der Waals surface area contributed by atoms with Crippen molar-refractivity contribution in [1.82, 2.24) is 0 Å². The SMILES string of the molecule is CCC(C)(F)C(=O)OC1(C)CC2CCC1C2. The highest BCUT2D eigenvalue weighted by Gasteiger charge is 2.52. The molecule has 2 saturated carbocycles. The quantitative estimate of drug-likeness (QED) is 0.693. The van der Waals surface area contributed by atoms with E-state index in [2.05, 4.69) is 0 Å². The molecule has 2 rings (SSSR count). The Labute approximate surface area is 96.5 Å². The van der Waals surface area contributed by atoms with Crippen LogP contribution in [-0.2, 0) is 9.53 Å². The minimum Gasteiger partial charge on any atom is -0.457 e. The van der Waals surface area contributed by atoms with E-state index >= 15 is 0 Å². The third-order valence-electron chi connectivity index (χ3n) is 4.51. The van der Waals surface area contributed by atoms with Crippen LogP contribution in [0.4, 0.5) is 4.39 Å². The number of esters is 1. The number of alkyl halides is 1. The minimum atomic E-state index is -1.83. The van der Waals surface area contributed by atoms with Crippen molar-refractivity contribution in [1.29, 1.82) is 0 Å². The van der Waals surface area contributed by atoms with Gasteiger partial charge in [-0.3, -0.25) is 0 Å². The van der Waals surface area contributed by atoms with E-state index < -0.39 is 17.2 Å². The molecule has 2 aliphatic rings. The summed E-state index contributed by atoms with van der Waals surface area (Å²) in [5, 5.41) is 0. The van der Waals surface area contributed by atoms with Crippen molar-refractivity contribution < 1.29 is 13.9 Å². The van der Waals surface area contributed by atoms with Crippen molar-refractivity contribution in [3.8, 4) is 0 Å². The van der Waals surface area contributed by atoms with Gasteiger partial charge in [-0.1, -0.05) is 6.92 Å². The molecule has 0 aliphatic heterocycles. The molecule has 92 valence electrons. The zero-order valence-electron chi connectivity index (χ0n) is 10.4. The molecule has 2 bridgehead atoms. The maximum atomic E-state index is 13.8. The van der Waals surface area contributed by atoms with E-state index in [-0.39, 0.29) is 6.42 Å². The van der Waals surface area contributed by atoms with E-state index in [4.69, 9.17) is 4.74 Å². The van der Waals surface area contributed by atoms with Crippen molar-refractivity contribution in [2.45, 2.75) is 64.1 Å². The molecule has 2 fully saturated rings. The fraction of sp³-hybridized carbons (Fsp3) is 0.923. The van der Waals surface area contributed by atoms with Crippen LogP contribution in [0.3, 0.4) is 0 Å². The van der Waals surface area contributed by atoms with Crippen molar-refractivity contribution in [2.75, 3.05) is 0 Å². The Bertz CT molecular complexity index is 300. The molecule has 0 aromatic carbocycles. The zero-order chi connectivity index (χ0) is 12.0. The third kappa shape index (κ3) is 1.85. The summed E-state index contributed by atoms with van der Waals surface area (Å²) >= 11 is 0. The van der Waals surface area contributed by atoms with Gasteiger partial charge in [0.25, 0.3) is 0 Å². The number of carbonyl (C=O) groups excluding carboxylic acids is 1. The molecule has 0 aromatic heterocycles. The fourth-order valence-corrected chi connectivity index (χ4v) is 3.14. The molecule has 4 atom stereocenters. The van der Waals surface area contributed by atoms with E-state index in [0.717, 1.165) is 19.3 Å². The second kappa shape index (κ2) is 3.71. The maximum Gasteiger partial charge on any atom is 0.344 e. The first-order valence-corrected chi connectivity index (χ1v) is 6.30. The van der Waals surface area contributed by atoms with Gasteiger partial charge in [-0.15, -0.1) is 0 Å². The Balaban J connectivity index is 2.02. The van der Waals surface area contributed by atoms with Crippen LogP contribution in [0.5, 0.6) is 0 Å². The molecule has 0 heterocycles. The molecular formula is C13H21FO2. The van der Waals surface area contributed by atoms with Gasteiger partial charge in [0.2, 0.25) is 5.67 Å². The molecule has 0 amide bonds. The van der Waals surface area contributed by atoms with Gasteiger partial charge >= 0.3 is 5.97 Å². The zero-order valence-corrected chi connectivity index (χ0v) is 10.4. The van der Waals surface area contributed by atoms with E-state index in [1.807, 2.05) is 6.92 Å². The largest absolute Gasteiger partial charge is 0.457 e. The van der Waals surface area contributed by atoms with Gasteiger partial charge < -0.3 is 4.74 Å². The first-order chi connectivity index (χ1) is 7.37. The van der Waals surface area contributed by atoms with Crippen LogP contribution in [0.15, 0.2) is 0 Å². The molecule has 2 aliphatic carbocycles. The van der Waals surface area contributed by atoms with Crippen LogP contribution in [0, 0.1) is 11.8 Å². The van der Waals surface area contributed by atoms with Gasteiger partial charge in [0.1, 0.15) is 5.60 Å². The monoisotopic (exact) mass is 228 g/mol. The molecule has 0 spiro atoms. The number of fused-ring (bicyclic) bond motifs is 2. The van der Waals surface area contributed by atoms with Gasteiger partial charge in [-0.25, -0.2) is 9.18 Å². The van der Waals surface area contributed by atoms with Crippen molar-refractivity contribution in [2.24, 2.45) is 11.8 Å². The Morgan fingerprint density at radius 2 is 2.25 bits per heavy atom. The number of ether oxygens (including phenoxy) is 1. The number of halogens is 1. The molecule has 0 N–H and O–H groups in total. The lowest BCUT2D eigenvalue weighted by Gasteiger charge is -2.35. The molecule has 2 nitrogen and oxygen atoms in total. The maximum absolute atomic E-state index is 13.8. The summed E-state index contributed by atoms with van der Waals surface area (Å²) < 4.78 is 19.3. The summed E-state index contributed by atoms with van der Waals surface area (Å²) in [6, 6.07) is 0. The highest BCUT2D eigenvalue weighted by atomic mass is 19.1. The van der Waals surface area contributed by atoms with Crippen molar-refractivity contribution in [3.05, 3.63) is 0 Å². The smallest absolute Gasteiger partial charge is 0.344 e. The van der Waals surface area contributed by atoms with Crippen molar-refractivity contribution >= 4 is 5.97 Å². The molecular weight excluding hydrogens is 207 g/mol. The molecule has 16 heavy (non-hydrogen) atoms. The second-order valence-electron chi connectivity index (χ2n) is 5.83. The van der Waals surface area contributed by atoms with E-state index in [1.54, 1.807) is 6.92 Å². The lowest BCUT2D eigenvalue weighted by molar-refractivity contribution is -0.177. The summed E-state index contributed by atoms with van der Waals surface area (Å²) in [5.74, 6) is 0.467. The van der Waals surface area contributed by atoms with Crippen LogP contribution >= 0.6 is 0 Å². The van der Waals surface area contributed by atoms with Crippen LogP contribution < -0.4 is 0 Å². The van der Waals surface area contributed by atoms with E-state index in [9.17, 15) is 9.18 Å². The van der Waals surface area contributed by atoms with Crippen molar-refractivity contribution in [3.63, 3.8) is 0 Å². The third-order valence-corrected chi connectivity index (χ3v) is 4.51. The number of carbonyl (C=O) groups is 1. The Morgan fingerprint density at radius 1 is 1.56 bits per heavy atom. The summed E-state index contributed by atoms with van der Waals surface area (Å²) in [6.07, 6.45) is 4.63. The van der Waals surface area contributed by atoms with Crippen LogP contribution in [0.2, 0.25) is 0 Å². The highest BCUT2D eigenvalue weighted by Crippen LogP contribution is 2.52. The predicted molar refractivity (Wildman–Crippen MR) is 59.7 cm³/mol. The van der Waals surface area contributed by atoms with E-state index in [1.165, 1.54) is 13.3 Å². The lowest BCUT2D eigenvalue weighted by Crippen LogP contribution is -2.43. The molecule has 0 aromatic rings. The van der Waals surface area contributed by atoms with Gasteiger partial charge in [-0.05, 0) is 57.8 Å². The van der Waals surface area contributed by atoms with Crippen LogP contribution in [-0.4, -0.2) is 17.2 Å². The Morgan fingerprint density at radius 3 is 2.69 bits per heavy atom. The predicted octanol–water partition coefficient (Wildman–Crippen LogP) is 3.25. The summed E-state index contributed by atoms with van der Waals surface area (Å²) in [4.78, 5) is 11.7. The molecule has 3 heteroatoms. The normalized spacial score (nSPS) is 40.8. The first kappa shape index (κ1) is 11.9. The number of hydrogen-bond donors (Lipinski definition) is 0. The van der Waals surface area contributed by atoms with Gasteiger partial charge in [0, 0.05) is 0 Å². The van der Waals surface area contributed by atoms with Crippen LogP contribution in [0.1, 0.15) is 52.9 Å². The first-order valence-electron chi connectivity index (χ1n) is 6.30. The highest BCUT2D eigenvalue weighted by molar-refractivity contribution is 5.79. The second-order valence-corrected chi connectivity index (χ2v) is 5.83. The van der Waals surface area contributed by atoms with Gasteiger partial charge in [0.15, 0.2) is 0 Å². The fourth-order valence-electron chi connectivity index (χ4n) is 3.14. The van der Waals surface area contributed by atoms with Gasteiger partial charge in [0.05, 0.1) is 0 Å². The minimum absolute atomic E-state index is 0.177. The number of rotatable bonds is 3. The van der Waals surface area contributed by atoms with Gasteiger partial charge in [-0.2, -0.15) is 0 Å². The topological polar surface area (TPSA) is 26.3 Å². The lowest BCUT2D eigenvalue weighted by atomic mass is 9.85. The Hall–Kier alpha value is -0.600. The summed E-state index contributed by atoms with van der Waals surface area (Å²) in [7, 11) is 0. The molecule has 0 radical (unpaired) electrons.